The summed E-state index contributed by atoms with van der Waals surface area (Å²) in [6.45, 7) is 2.44. The highest BCUT2D eigenvalue weighted by atomic mass is 35.5. The maximum Gasteiger partial charge on any atom is 0.323 e. The van der Waals surface area contributed by atoms with Gasteiger partial charge in [0.05, 0.1) is 0 Å². The lowest BCUT2D eigenvalue weighted by Gasteiger charge is -2.16. The van der Waals surface area contributed by atoms with Gasteiger partial charge in [-0.15, -0.1) is 11.3 Å². The van der Waals surface area contributed by atoms with Gasteiger partial charge in [-0.1, -0.05) is 11.6 Å². The van der Waals surface area contributed by atoms with E-state index < -0.39 is 5.97 Å². The standard InChI is InChI=1S/C7H9ClN2O2S/c1-2-10(3-6(11)12)7-9-5(8)4-13-7/h4H,2-3H2,1H3,(H,11,12). The Bertz CT molecular complexity index is 302. The molecule has 0 saturated heterocycles. The molecule has 1 heterocycles. The van der Waals surface area contributed by atoms with Crippen molar-refractivity contribution in [3.8, 4) is 0 Å². The van der Waals surface area contributed by atoms with Crippen LogP contribution in [-0.2, 0) is 4.79 Å². The molecule has 4 nitrogen and oxygen atoms in total. The molecule has 0 spiro atoms. The van der Waals surface area contributed by atoms with Gasteiger partial charge in [0.15, 0.2) is 5.13 Å². The van der Waals surface area contributed by atoms with Crippen LogP contribution in [-0.4, -0.2) is 29.1 Å². The molecule has 0 aromatic carbocycles. The van der Waals surface area contributed by atoms with E-state index in [4.69, 9.17) is 16.7 Å². The third kappa shape index (κ3) is 2.86. The Morgan fingerprint density at radius 2 is 2.54 bits per heavy atom. The van der Waals surface area contributed by atoms with Crippen LogP contribution in [0.25, 0.3) is 0 Å². The summed E-state index contributed by atoms with van der Waals surface area (Å²) in [6, 6.07) is 0. The predicted octanol–water partition coefficient (Wildman–Crippen LogP) is 1.71. The summed E-state index contributed by atoms with van der Waals surface area (Å²) >= 11 is 6.97. The number of halogens is 1. The Morgan fingerprint density at radius 3 is 2.92 bits per heavy atom. The minimum absolute atomic E-state index is 0.0413. The number of nitrogens with zero attached hydrogens (tertiary/aromatic N) is 2. The number of anilines is 1. The fraction of sp³-hybridized carbons (Fsp3) is 0.429. The van der Waals surface area contributed by atoms with Crippen LogP contribution >= 0.6 is 22.9 Å². The summed E-state index contributed by atoms with van der Waals surface area (Å²) in [7, 11) is 0. The van der Waals surface area contributed by atoms with Gasteiger partial charge in [0.25, 0.3) is 0 Å². The Balaban J connectivity index is 2.72. The first-order valence-electron chi connectivity index (χ1n) is 3.71. The molecular weight excluding hydrogens is 212 g/mol. The summed E-state index contributed by atoms with van der Waals surface area (Å²) in [5.41, 5.74) is 0. The molecular formula is C7H9ClN2O2S. The van der Waals surface area contributed by atoms with E-state index in [1.54, 1.807) is 10.3 Å². The molecule has 6 heteroatoms. The zero-order chi connectivity index (χ0) is 9.84. The molecule has 0 aliphatic rings. The second-order valence-corrected chi connectivity index (χ2v) is 3.58. The number of aromatic nitrogens is 1. The van der Waals surface area contributed by atoms with Gasteiger partial charge in [0, 0.05) is 11.9 Å². The van der Waals surface area contributed by atoms with Crippen LogP contribution in [0.2, 0.25) is 5.15 Å². The molecule has 0 radical (unpaired) electrons. The number of hydrogen-bond acceptors (Lipinski definition) is 4. The number of hydrogen-bond donors (Lipinski definition) is 1. The third-order valence-corrected chi connectivity index (χ3v) is 2.67. The normalized spacial score (nSPS) is 10.0. The highest BCUT2D eigenvalue weighted by Gasteiger charge is 2.11. The van der Waals surface area contributed by atoms with Crippen LogP contribution in [0, 0.1) is 0 Å². The predicted molar refractivity (Wildman–Crippen MR) is 52.6 cm³/mol. The van der Waals surface area contributed by atoms with Crippen molar-refractivity contribution >= 4 is 34.0 Å². The van der Waals surface area contributed by atoms with Crippen molar-refractivity contribution < 1.29 is 9.90 Å². The maximum absolute atomic E-state index is 10.5. The second-order valence-electron chi connectivity index (χ2n) is 2.36. The third-order valence-electron chi connectivity index (χ3n) is 1.44. The summed E-state index contributed by atoms with van der Waals surface area (Å²) < 4.78 is 0. The quantitative estimate of drug-likeness (QED) is 0.840. The van der Waals surface area contributed by atoms with Gasteiger partial charge in [-0.05, 0) is 6.92 Å². The SMILES string of the molecule is CCN(CC(=O)O)c1nc(Cl)cs1. The molecule has 0 unspecified atom stereocenters. The van der Waals surface area contributed by atoms with Crippen molar-refractivity contribution in [2.75, 3.05) is 18.0 Å². The van der Waals surface area contributed by atoms with Crippen LogP contribution in [0.1, 0.15) is 6.92 Å². The number of carboxylic acid groups (broad SMARTS) is 1. The topological polar surface area (TPSA) is 53.4 Å². The van der Waals surface area contributed by atoms with E-state index in [1.807, 2.05) is 6.92 Å². The maximum atomic E-state index is 10.5. The van der Waals surface area contributed by atoms with E-state index in [9.17, 15) is 4.79 Å². The number of carboxylic acids is 1. The Kier molecular flexibility index (Phi) is 3.50. The second kappa shape index (κ2) is 4.43. The fourth-order valence-corrected chi connectivity index (χ4v) is 1.88. The molecule has 1 rings (SSSR count). The van der Waals surface area contributed by atoms with Crippen molar-refractivity contribution in [2.24, 2.45) is 0 Å². The molecule has 0 fully saturated rings. The average Bonchev–Trinajstić information content (AvgIpc) is 2.47. The molecule has 13 heavy (non-hydrogen) atoms. The first kappa shape index (κ1) is 10.3. The summed E-state index contributed by atoms with van der Waals surface area (Å²) in [4.78, 5) is 16.1. The molecule has 0 aliphatic heterocycles. The van der Waals surface area contributed by atoms with Gasteiger partial charge < -0.3 is 10.0 Å². The average molecular weight is 221 g/mol. The molecule has 1 aromatic rings. The largest absolute Gasteiger partial charge is 0.480 e. The minimum Gasteiger partial charge on any atom is -0.480 e. The molecule has 0 atom stereocenters. The summed E-state index contributed by atoms with van der Waals surface area (Å²) in [5, 5.41) is 11.3. The van der Waals surface area contributed by atoms with E-state index in [0.717, 1.165) is 0 Å². The van der Waals surface area contributed by atoms with Gasteiger partial charge in [-0.3, -0.25) is 4.79 Å². The monoisotopic (exact) mass is 220 g/mol. The summed E-state index contributed by atoms with van der Waals surface area (Å²) in [5.74, 6) is -0.867. The van der Waals surface area contributed by atoms with E-state index in [-0.39, 0.29) is 6.54 Å². The lowest BCUT2D eigenvalue weighted by molar-refractivity contribution is -0.135. The van der Waals surface area contributed by atoms with E-state index in [1.165, 1.54) is 11.3 Å². The lowest BCUT2D eigenvalue weighted by Crippen LogP contribution is -2.29. The first-order valence-corrected chi connectivity index (χ1v) is 4.97. The van der Waals surface area contributed by atoms with Crippen molar-refractivity contribution in [3.05, 3.63) is 10.5 Å². The Hall–Kier alpha value is -0.810. The number of likely N-dealkylation sites (N-methyl/N-ethyl adjacent to an activating group) is 1. The Morgan fingerprint density at radius 1 is 1.85 bits per heavy atom. The number of rotatable bonds is 4. The van der Waals surface area contributed by atoms with Crippen LogP contribution in [0.4, 0.5) is 5.13 Å². The summed E-state index contributed by atoms with van der Waals surface area (Å²) in [6.07, 6.45) is 0. The van der Waals surface area contributed by atoms with Crippen molar-refractivity contribution in [1.29, 1.82) is 0 Å². The smallest absolute Gasteiger partial charge is 0.323 e. The van der Waals surface area contributed by atoms with Gasteiger partial charge in [-0.2, -0.15) is 0 Å². The molecule has 1 aromatic heterocycles. The van der Waals surface area contributed by atoms with Gasteiger partial charge >= 0.3 is 5.97 Å². The number of aliphatic carboxylic acids is 1. The Labute approximate surface area is 84.8 Å². The zero-order valence-corrected chi connectivity index (χ0v) is 8.60. The highest BCUT2D eigenvalue weighted by Crippen LogP contribution is 2.22. The molecule has 1 N–H and O–H groups in total. The molecule has 72 valence electrons. The highest BCUT2D eigenvalue weighted by molar-refractivity contribution is 7.14. The number of carbonyl (C=O) groups is 1. The molecule has 0 aliphatic carbocycles. The van der Waals surface area contributed by atoms with Crippen molar-refractivity contribution in [2.45, 2.75) is 6.92 Å². The van der Waals surface area contributed by atoms with E-state index >= 15 is 0 Å². The molecule has 0 saturated carbocycles. The van der Waals surface area contributed by atoms with Crippen LogP contribution in [0.5, 0.6) is 0 Å². The van der Waals surface area contributed by atoms with Crippen LogP contribution in [0.15, 0.2) is 5.38 Å². The van der Waals surface area contributed by atoms with E-state index in [0.29, 0.717) is 16.8 Å². The molecule has 0 amide bonds. The fourth-order valence-electron chi connectivity index (χ4n) is 0.869. The first-order chi connectivity index (χ1) is 6.13. The number of thiazole rings is 1. The minimum atomic E-state index is -0.867. The van der Waals surface area contributed by atoms with Gasteiger partial charge in [0.2, 0.25) is 0 Å². The van der Waals surface area contributed by atoms with E-state index in [2.05, 4.69) is 4.98 Å². The van der Waals surface area contributed by atoms with Crippen LogP contribution < -0.4 is 4.90 Å². The van der Waals surface area contributed by atoms with Gasteiger partial charge in [-0.25, -0.2) is 4.98 Å². The zero-order valence-electron chi connectivity index (χ0n) is 7.03. The van der Waals surface area contributed by atoms with Crippen molar-refractivity contribution in [1.82, 2.24) is 4.98 Å². The van der Waals surface area contributed by atoms with Crippen LogP contribution in [0.3, 0.4) is 0 Å². The van der Waals surface area contributed by atoms with Crippen molar-refractivity contribution in [3.63, 3.8) is 0 Å². The molecule has 0 bridgehead atoms. The van der Waals surface area contributed by atoms with Gasteiger partial charge in [0.1, 0.15) is 11.7 Å². The lowest BCUT2D eigenvalue weighted by atomic mass is 10.5.